The van der Waals surface area contributed by atoms with Gasteiger partial charge in [-0.3, -0.25) is 0 Å². The Labute approximate surface area is 261 Å². The summed E-state index contributed by atoms with van der Waals surface area (Å²) in [5.41, 5.74) is 6.05. The molecular weight excluding hydrogens is 578 g/mol. The summed E-state index contributed by atoms with van der Waals surface area (Å²) < 4.78 is 28.8. The van der Waals surface area contributed by atoms with E-state index in [0.29, 0.717) is 16.7 Å². The van der Waals surface area contributed by atoms with E-state index in [-0.39, 0.29) is 21.3 Å². The molecule has 0 unspecified atom stereocenters. The first-order chi connectivity index (χ1) is 21.9. The molecule has 6 aromatic carbocycles. The van der Waals surface area contributed by atoms with Crippen molar-refractivity contribution in [2.24, 2.45) is 0 Å². The fourth-order valence-corrected chi connectivity index (χ4v) is 8.97. The van der Waals surface area contributed by atoms with Crippen molar-refractivity contribution in [1.82, 2.24) is 0 Å². The summed E-state index contributed by atoms with van der Waals surface area (Å²) in [6.45, 7) is 0. The normalized spacial score (nSPS) is 15.3. The van der Waals surface area contributed by atoms with Gasteiger partial charge in [0.25, 0.3) is 0 Å². The largest absolute Gasteiger partial charge is 0.508 e. The van der Waals surface area contributed by atoms with E-state index in [1.165, 1.54) is 0 Å². The van der Waals surface area contributed by atoms with Crippen LogP contribution in [0.3, 0.4) is 0 Å². The van der Waals surface area contributed by atoms with Gasteiger partial charge in [0.05, 0.1) is 15.2 Å². The first-order valence-electron chi connectivity index (χ1n) is 14.6. The highest BCUT2D eigenvalue weighted by Crippen LogP contribution is 2.64. The van der Waals surface area contributed by atoms with Crippen molar-refractivity contribution in [3.05, 3.63) is 179 Å². The number of allylic oxidation sites excluding steroid dienone is 1. The molecule has 0 saturated heterocycles. The molecule has 0 fully saturated rings. The van der Waals surface area contributed by atoms with Crippen LogP contribution in [-0.2, 0) is 15.3 Å². The minimum atomic E-state index is -3.87. The summed E-state index contributed by atoms with van der Waals surface area (Å²) >= 11 is 0. The molecule has 1 heterocycles. The van der Waals surface area contributed by atoms with E-state index in [2.05, 4.69) is 11.0 Å². The standard InChI is InChI=1S/C39H27NO4S/c41-31-20-15-26(16-21-31)39(27-17-22-32(42)23-18-27)35-25-30(40(28-9-3-1-4-10-28)29-11-5-2-6-12-29)19-24-33(35)38-37(39)34-13-7-8-14-36(34)45(38,43)44/h1-25,41-42H. The molecule has 218 valence electrons. The number of rotatable bonds is 5. The summed E-state index contributed by atoms with van der Waals surface area (Å²) in [5.74, 6) is 0.221. The molecular formula is C39H27NO4S. The zero-order valence-electron chi connectivity index (χ0n) is 24.0. The van der Waals surface area contributed by atoms with E-state index in [1.54, 1.807) is 36.4 Å². The molecule has 1 aliphatic carbocycles. The van der Waals surface area contributed by atoms with E-state index in [4.69, 9.17) is 0 Å². The van der Waals surface area contributed by atoms with Crippen LogP contribution < -0.4 is 4.90 Å². The number of nitrogens with zero attached hydrogens (tertiary/aromatic N) is 1. The lowest BCUT2D eigenvalue weighted by Crippen LogP contribution is -2.29. The highest BCUT2D eigenvalue weighted by molar-refractivity contribution is 8.01. The number of hydrogen-bond acceptors (Lipinski definition) is 5. The first-order valence-corrected chi connectivity index (χ1v) is 16.1. The number of anilines is 3. The fraction of sp³-hybridized carbons (Fsp3) is 0.0256. The molecule has 1 aliphatic heterocycles. The molecule has 0 spiro atoms. The van der Waals surface area contributed by atoms with Gasteiger partial charge in [-0.05, 0) is 100 Å². The number of phenols is 2. The zero-order valence-corrected chi connectivity index (χ0v) is 24.8. The third kappa shape index (κ3) is 3.89. The Morgan fingerprint density at radius 1 is 0.511 bits per heavy atom. The van der Waals surface area contributed by atoms with E-state index in [9.17, 15) is 18.6 Å². The molecule has 0 atom stereocenters. The lowest BCUT2D eigenvalue weighted by Gasteiger charge is -2.36. The lowest BCUT2D eigenvalue weighted by atomic mass is 9.65. The van der Waals surface area contributed by atoms with Crippen LogP contribution in [0.1, 0.15) is 27.8 Å². The lowest BCUT2D eigenvalue weighted by molar-refractivity contribution is 0.475. The number of para-hydroxylation sites is 2. The Morgan fingerprint density at radius 3 is 1.58 bits per heavy atom. The number of fused-ring (bicyclic) bond motifs is 4. The van der Waals surface area contributed by atoms with Crippen LogP contribution >= 0.6 is 0 Å². The van der Waals surface area contributed by atoms with Gasteiger partial charge in [-0.2, -0.15) is 0 Å². The Bertz CT molecular complexity index is 2140. The second-order valence-electron chi connectivity index (χ2n) is 11.3. The molecule has 0 aromatic heterocycles. The SMILES string of the molecule is O=S1(=O)C2=C(c3ccccc31)C(c1ccc(O)cc1)(c1ccc(O)cc1)c1cc(N(c3ccccc3)c3ccccc3)ccc12. The topological polar surface area (TPSA) is 77.8 Å². The van der Waals surface area contributed by atoms with Crippen LogP contribution in [0.15, 0.2) is 157 Å². The second-order valence-corrected chi connectivity index (χ2v) is 13.1. The molecule has 45 heavy (non-hydrogen) atoms. The van der Waals surface area contributed by atoms with Gasteiger partial charge >= 0.3 is 0 Å². The van der Waals surface area contributed by atoms with Gasteiger partial charge in [-0.15, -0.1) is 0 Å². The van der Waals surface area contributed by atoms with Crippen LogP contribution in [0.5, 0.6) is 11.5 Å². The van der Waals surface area contributed by atoms with Crippen LogP contribution in [0.4, 0.5) is 17.1 Å². The molecule has 2 aliphatic rings. The van der Waals surface area contributed by atoms with Crippen molar-refractivity contribution in [2.75, 3.05) is 4.90 Å². The number of sulfone groups is 1. The van der Waals surface area contributed by atoms with Gasteiger partial charge in [0, 0.05) is 17.1 Å². The van der Waals surface area contributed by atoms with Gasteiger partial charge in [0.2, 0.25) is 9.84 Å². The third-order valence-corrected chi connectivity index (χ3v) is 10.8. The summed E-state index contributed by atoms with van der Waals surface area (Å²) in [6, 6.07) is 47.2. The summed E-state index contributed by atoms with van der Waals surface area (Å²) in [5, 5.41) is 20.7. The van der Waals surface area contributed by atoms with Crippen molar-refractivity contribution in [2.45, 2.75) is 10.3 Å². The molecule has 0 saturated carbocycles. The third-order valence-electron chi connectivity index (χ3n) is 8.86. The minimum absolute atomic E-state index is 0.111. The van der Waals surface area contributed by atoms with Gasteiger partial charge in [0.15, 0.2) is 0 Å². The number of hydrogen-bond donors (Lipinski definition) is 2. The fourth-order valence-electron chi connectivity index (χ4n) is 7.03. The first kappa shape index (κ1) is 27.0. The zero-order chi connectivity index (χ0) is 30.8. The van der Waals surface area contributed by atoms with E-state index in [0.717, 1.165) is 33.8 Å². The smallest absolute Gasteiger partial charge is 0.208 e. The summed E-state index contributed by atoms with van der Waals surface area (Å²) in [7, 11) is -3.87. The predicted molar refractivity (Wildman–Crippen MR) is 178 cm³/mol. The predicted octanol–water partition coefficient (Wildman–Crippen LogP) is 8.57. The van der Waals surface area contributed by atoms with Gasteiger partial charge < -0.3 is 15.1 Å². The Kier molecular flexibility index (Phi) is 5.98. The van der Waals surface area contributed by atoms with Crippen LogP contribution in [0.2, 0.25) is 0 Å². The second kappa shape index (κ2) is 9.97. The average molecular weight is 606 g/mol. The van der Waals surface area contributed by atoms with E-state index >= 15 is 0 Å². The monoisotopic (exact) mass is 605 g/mol. The van der Waals surface area contributed by atoms with Crippen LogP contribution in [-0.4, -0.2) is 18.6 Å². The van der Waals surface area contributed by atoms with Crippen LogP contribution in [0.25, 0.3) is 10.5 Å². The molecule has 0 amide bonds. The summed E-state index contributed by atoms with van der Waals surface area (Å²) in [4.78, 5) is 2.73. The maximum Gasteiger partial charge on any atom is 0.208 e. The molecule has 8 rings (SSSR count). The van der Waals surface area contributed by atoms with Crippen molar-refractivity contribution >= 4 is 37.4 Å². The molecule has 6 heteroatoms. The summed E-state index contributed by atoms with van der Waals surface area (Å²) in [6.07, 6.45) is 0. The Morgan fingerprint density at radius 2 is 1.02 bits per heavy atom. The highest BCUT2D eigenvalue weighted by atomic mass is 32.2. The number of phenolic OH excluding ortho intramolecular Hbond substituents is 2. The minimum Gasteiger partial charge on any atom is -0.508 e. The maximum atomic E-state index is 14.4. The van der Waals surface area contributed by atoms with Gasteiger partial charge in [-0.25, -0.2) is 8.42 Å². The molecule has 0 bridgehead atoms. The van der Waals surface area contributed by atoms with Crippen molar-refractivity contribution in [3.63, 3.8) is 0 Å². The van der Waals surface area contributed by atoms with E-state index < -0.39 is 15.3 Å². The van der Waals surface area contributed by atoms with Crippen LogP contribution in [0, 0.1) is 0 Å². The van der Waals surface area contributed by atoms with Gasteiger partial charge in [0.1, 0.15) is 11.5 Å². The number of benzene rings is 6. The number of aromatic hydroxyl groups is 2. The van der Waals surface area contributed by atoms with E-state index in [1.807, 2.05) is 109 Å². The Hall–Kier alpha value is -5.59. The van der Waals surface area contributed by atoms with Crippen molar-refractivity contribution in [1.29, 1.82) is 0 Å². The highest BCUT2D eigenvalue weighted by Gasteiger charge is 2.55. The van der Waals surface area contributed by atoms with Crippen molar-refractivity contribution < 1.29 is 18.6 Å². The molecule has 6 aromatic rings. The molecule has 2 N–H and O–H groups in total. The maximum absolute atomic E-state index is 14.4. The van der Waals surface area contributed by atoms with Crippen molar-refractivity contribution in [3.8, 4) is 11.5 Å². The average Bonchev–Trinajstić information content (AvgIpc) is 3.51. The Balaban J connectivity index is 1.50. The quantitative estimate of drug-likeness (QED) is 0.206. The molecule has 0 radical (unpaired) electrons. The van der Waals surface area contributed by atoms with Gasteiger partial charge in [-0.1, -0.05) is 84.9 Å². The molecule has 5 nitrogen and oxygen atoms in total.